The molecule has 0 aliphatic carbocycles. The molecule has 0 bridgehead atoms. The molecular formula is C16H10ClN3O4S. The number of aromatic hydroxyl groups is 1. The van der Waals surface area contributed by atoms with Gasteiger partial charge in [-0.3, -0.25) is 14.9 Å². The molecule has 2 aromatic carbocycles. The first-order valence-corrected chi connectivity index (χ1v) is 8.14. The number of carbonyl (C=O) groups is 1. The van der Waals surface area contributed by atoms with Crippen molar-refractivity contribution in [1.82, 2.24) is 5.32 Å². The molecular weight excluding hydrogens is 366 g/mol. The number of phenols is 1. The zero-order valence-corrected chi connectivity index (χ0v) is 14.0. The summed E-state index contributed by atoms with van der Waals surface area (Å²) in [4.78, 5) is 26.9. The highest BCUT2D eigenvalue weighted by Gasteiger charge is 2.24. The zero-order valence-electron chi connectivity index (χ0n) is 12.5. The molecule has 0 spiro atoms. The van der Waals surface area contributed by atoms with Gasteiger partial charge in [-0.2, -0.15) is 0 Å². The maximum absolute atomic E-state index is 12.0. The van der Waals surface area contributed by atoms with E-state index in [1.54, 1.807) is 24.3 Å². The molecule has 1 fully saturated rings. The molecule has 0 aromatic heterocycles. The maximum atomic E-state index is 12.0. The fraction of sp³-hybridized carbons (Fsp3) is 0. The van der Waals surface area contributed by atoms with Crippen LogP contribution in [-0.2, 0) is 4.79 Å². The van der Waals surface area contributed by atoms with Crippen molar-refractivity contribution in [1.29, 1.82) is 0 Å². The number of hydrogen-bond acceptors (Lipinski definition) is 6. The summed E-state index contributed by atoms with van der Waals surface area (Å²) in [7, 11) is 0. The lowest BCUT2D eigenvalue weighted by atomic mass is 10.1. The fourth-order valence-electron chi connectivity index (χ4n) is 2.07. The molecule has 0 saturated carbocycles. The number of aliphatic imine (C=N–C) groups is 1. The van der Waals surface area contributed by atoms with E-state index in [0.29, 0.717) is 26.3 Å². The van der Waals surface area contributed by atoms with Gasteiger partial charge in [0.05, 0.1) is 15.5 Å². The van der Waals surface area contributed by atoms with Gasteiger partial charge in [0.15, 0.2) is 10.9 Å². The van der Waals surface area contributed by atoms with Crippen LogP contribution in [0, 0.1) is 10.1 Å². The molecule has 1 saturated heterocycles. The lowest BCUT2D eigenvalue weighted by Gasteiger charge is -1.98. The third kappa shape index (κ3) is 3.98. The number of hydrogen-bond donors (Lipinski definition) is 2. The minimum Gasteiger partial charge on any atom is -0.502 e. The third-order valence-electron chi connectivity index (χ3n) is 3.18. The SMILES string of the molecule is O=C1NC(=Nc2cccc(Cl)c2)S/C1=C\c1ccc(O)c([N+](=O)[O-])c1. The van der Waals surface area contributed by atoms with Crippen LogP contribution in [0.1, 0.15) is 5.56 Å². The van der Waals surface area contributed by atoms with Crippen LogP contribution in [-0.4, -0.2) is 21.1 Å². The van der Waals surface area contributed by atoms with Gasteiger partial charge < -0.3 is 10.4 Å². The Kier molecular flexibility index (Phi) is 4.73. The second-order valence-corrected chi connectivity index (χ2v) is 6.43. The predicted molar refractivity (Wildman–Crippen MR) is 97.0 cm³/mol. The standard InChI is InChI=1S/C16H10ClN3O4S/c17-10-2-1-3-11(8-10)18-16-19-15(22)14(25-16)7-9-4-5-13(21)12(6-9)20(23)24/h1-8,21H,(H,18,19,22)/b14-7-. The predicted octanol–water partition coefficient (Wildman–Crippen LogP) is 3.85. The van der Waals surface area contributed by atoms with E-state index in [1.807, 2.05) is 0 Å². The van der Waals surface area contributed by atoms with Crippen molar-refractivity contribution in [2.75, 3.05) is 0 Å². The second kappa shape index (κ2) is 6.96. The molecule has 0 unspecified atom stereocenters. The van der Waals surface area contributed by atoms with Gasteiger partial charge >= 0.3 is 5.69 Å². The molecule has 2 N–H and O–H groups in total. The molecule has 0 atom stereocenters. The minimum absolute atomic E-state index is 0.334. The van der Waals surface area contributed by atoms with Crippen molar-refractivity contribution in [3.05, 3.63) is 68.1 Å². The number of halogens is 1. The molecule has 1 heterocycles. The lowest BCUT2D eigenvalue weighted by molar-refractivity contribution is -0.385. The average Bonchev–Trinajstić information content (AvgIpc) is 2.88. The quantitative estimate of drug-likeness (QED) is 0.481. The summed E-state index contributed by atoms with van der Waals surface area (Å²) >= 11 is 7.01. The summed E-state index contributed by atoms with van der Waals surface area (Å²) in [6.07, 6.45) is 1.49. The van der Waals surface area contributed by atoms with E-state index in [-0.39, 0.29) is 5.91 Å². The summed E-state index contributed by atoms with van der Waals surface area (Å²) in [5.74, 6) is -0.791. The molecule has 1 aliphatic rings. The normalized spacial score (nSPS) is 17.1. The van der Waals surface area contributed by atoms with Crippen LogP contribution in [0.2, 0.25) is 5.02 Å². The van der Waals surface area contributed by atoms with Crippen LogP contribution in [0.3, 0.4) is 0 Å². The van der Waals surface area contributed by atoms with Crippen LogP contribution < -0.4 is 5.32 Å². The van der Waals surface area contributed by atoms with Gasteiger partial charge in [-0.25, -0.2) is 4.99 Å². The Hall–Kier alpha value is -2.84. The Morgan fingerprint density at radius 3 is 2.80 bits per heavy atom. The maximum Gasteiger partial charge on any atom is 0.311 e. The largest absolute Gasteiger partial charge is 0.502 e. The summed E-state index contributed by atoms with van der Waals surface area (Å²) in [6, 6.07) is 10.8. The molecule has 126 valence electrons. The Balaban J connectivity index is 1.87. The lowest BCUT2D eigenvalue weighted by Crippen LogP contribution is -2.19. The van der Waals surface area contributed by atoms with Gasteiger partial charge in [0, 0.05) is 11.1 Å². The van der Waals surface area contributed by atoms with E-state index in [2.05, 4.69) is 10.3 Å². The van der Waals surface area contributed by atoms with Gasteiger partial charge in [0.25, 0.3) is 5.91 Å². The second-order valence-electron chi connectivity index (χ2n) is 4.97. The summed E-state index contributed by atoms with van der Waals surface area (Å²) in [5, 5.41) is 23.9. The molecule has 2 aromatic rings. The van der Waals surface area contributed by atoms with Crippen LogP contribution in [0.25, 0.3) is 6.08 Å². The van der Waals surface area contributed by atoms with Crippen molar-refractivity contribution in [3.63, 3.8) is 0 Å². The highest BCUT2D eigenvalue weighted by Crippen LogP contribution is 2.31. The average molecular weight is 376 g/mol. The van der Waals surface area contributed by atoms with Gasteiger partial charge in [-0.1, -0.05) is 23.7 Å². The minimum atomic E-state index is -0.689. The summed E-state index contributed by atoms with van der Waals surface area (Å²) in [5.41, 5.74) is 0.591. The number of amides is 1. The number of nitrogens with zero attached hydrogens (tertiary/aromatic N) is 2. The first-order chi connectivity index (χ1) is 11.9. The molecule has 3 rings (SSSR count). The first kappa shape index (κ1) is 17.0. The number of nitrogens with one attached hydrogen (secondary N) is 1. The number of rotatable bonds is 3. The van der Waals surface area contributed by atoms with E-state index in [9.17, 15) is 20.0 Å². The van der Waals surface area contributed by atoms with E-state index in [1.165, 1.54) is 24.3 Å². The van der Waals surface area contributed by atoms with Crippen molar-refractivity contribution >= 4 is 51.9 Å². The monoisotopic (exact) mass is 375 g/mol. The van der Waals surface area contributed by atoms with Crippen LogP contribution in [0.5, 0.6) is 5.75 Å². The Labute approximate surface area is 151 Å². The van der Waals surface area contributed by atoms with Crippen LogP contribution >= 0.6 is 23.4 Å². The number of nitro groups is 1. The van der Waals surface area contributed by atoms with E-state index < -0.39 is 16.4 Å². The zero-order chi connectivity index (χ0) is 18.0. The Morgan fingerprint density at radius 2 is 2.08 bits per heavy atom. The first-order valence-electron chi connectivity index (χ1n) is 6.95. The van der Waals surface area contributed by atoms with Crippen molar-refractivity contribution in [3.8, 4) is 5.75 Å². The highest BCUT2D eigenvalue weighted by atomic mass is 35.5. The molecule has 1 amide bonds. The number of carbonyl (C=O) groups excluding carboxylic acids is 1. The van der Waals surface area contributed by atoms with E-state index in [0.717, 1.165) is 11.8 Å². The number of nitro benzene ring substituents is 1. The smallest absolute Gasteiger partial charge is 0.311 e. The number of phenolic OH excluding ortho intramolecular Hbond substituents is 1. The Morgan fingerprint density at radius 1 is 1.28 bits per heavy atom. The van der Waals surface area contributed by atoms with E-state index >= 15 is 0 Å². The van der Waals surface area contributed by atoms with Gasteiger partial charge in [-0.05, 0) is 47.7 Å². The molecule has 25 heavy (non-hydrogen) atoms. The topological polar surface area (TPSA) is 105 Å². The highest BCUT2D eigenvalue weighted by molar-refractivity contribution is 8.18. The van der Waals surface area contributed by atoms with Crippen molar-refractivity contribution in [2.45, 2.75) is 0 Å². The van der Waals surface area contributed by atoms with Gasteiger partial charge in [0.1, 0.15) is 0 Å². The summed E-state index contributed by atoms with van der Waals surface area (Å²) < 4.78 is 0. The third-order valence-corrected chi connectivity index (χ3v) is 4.33. The molecule has 0 radical (unpaired) electrons. The fourth-order valence-corrected chi connectivity index (χ4v) is 3.10. The van der Waals surface area contributed by atoms with E-state index in [4.69, 9.17) is 11.6 Å². The van der Waals surface area contributed by atoms with Crippen LogP contribution in [0.4, 0.5) is 11.4 Å². The summed E-state index contributed by atoms with van der Waals surface area (Å²) in [6.45, 7) is 0. The number of benzene rings is 2. The van der Waals surface area contributed by atoms with Crippen molar-refractivity contribution in [2.24, 2.45) is 4.99 Å². The molecule has 9 heteroatoms. The van der Waals surface area contributed by atoms with Crippen LogP contribution in [0.15, 0.2) is 52.4 Å². The van der Waals surface area contributed by atoms with Gasteiger partial charge in [0.2, 0.25) is 0 Å². The Bertz CT molecular complexity index is 943. The molecule has 7 nitrogen and oxygen atoms in total. The number of amidine groups is 1. The molecule has 1 aliphatic heterocycles. The number of thioether (sulfide) groups is 1. The van der Waals surface area contributed by atoms with Crippen molar-refractivity contribution < 1.29 is 14.8 Å². The van der Waals surface area contributed by atoms with Gasteiger partial charge in [-0.15, -0.1) is 0 Å².